The second-order valence-corrected chi connectivity index (χ2v) is 8.76. The molecule has 1 heterocycles. The van der Waals surface area contributed by atoms with E-state index in [-0.39, 0.29) is 42.2 Å². The molecule has 1 saturated heterocycles. The van der Waals surface area contributed by atoms with Gasteiger partial charge in [-0.2, -0.15) is 0 Å². The topological polar surface area (TPSA) is 49.9 Å². The van der Waals surface area contributed by atoms with Crippen LogP contribution in [0.3, 0.4) is 0 Å². The summed E-state index contributed by atoms with van der Waals surface area (Å²) in [5, 5.41) is 0. The first-order chi connectivity index (χ1) is 16.4. The van der Waals surface area contributed by atoms with Gasteiger partial charge in [0, 0.05) is 13.5 Å². The lowest BCUT2D eigenvalue weighted by Gasteiger charge is -2.26. The Bertz CT molecular complexity index is 1150. The molecule has 0 radical (unpaired) electrons. The molecule has 1 fully saturated rings. The molecule has 6 heteroatoms. The van der Waals surface area contributed by atoms with E-state index in [1.165, 1.54) is 17.0 Å². The number of likely N-dealkylation sites (N-methyl/N-ethyl adjacent to an activating group) is 1. The number of nitrogens with zero attached hydrogens (tertiary/aromatic N) is 2. The number of ether oxygens (including phenoxy) is 1. The molecule has 0 bridgehead atoms. The lowest BCUT2D eigenvalue weighted by Crippen LogP contribution is -2.37. The molecular formula is C28H29FN2O3. The fraction of sp³-hybridized carbons (Fsp3) is 0.286. The van der Waals surface area contributed by atoms with Crippen LogP contribution < -0.4 is 4.74 Å². The monoisotopic (exact) mass is 460 g/mol. The number of urea groups is 1. The number of amides is 3. The van der Waals surface area contributed by atoms with Gasteiger partial charge in [0.2, 0.25) is 5.91 Å². The van der Waals surface area contributed by atoms with Crippen LogP contribution in [0.2, 0.25) is 0 Å². The summed E-state index contributed by atoms with van der Waals surface area (Å²) in [6.45, 7) is 1.95. The number of halogens is 1. The van der Waals surface area contributed by atoms with E-state index in [0.29, 0.717) is 6.42 Å². The van der Waals surface area contributed by atoms with E-state index in [1.807, 2.05) is 67.6 Å². The Labute approximate surface area is 199 Å². The van der Waals surface area contributed by atoms with Crippen LogP contribution in [-0.4, -0.2) is 41.9 Å². The van der Waals surface area contributed by atoms with Gasteiger partial charge in [-0.05, 0) is 60.2 Å². The average molecular weight is 461 g/mol. The molecule has 1 aliphatic rings. The molecule has 4 rings (SSSR count). The molecule has 0 aromatic heterocycles. The number of hydrogen-bond acceptors (Lipinski definition) is 3. The van der Waals surface area contributed by atoms with Crippen molar-refractivity contribution in [2.75, 3.05) is 14.2 Å². The number of imide groups is 1. The molecule has 0 saturated carbocycles. The van der Waals surface area contributed by atoms with E-state index in [9.17, 15) is 14.0 Å². The van der Waals surface area contributed by atoms with Crippen LogP contribution in [-0.2, 0) is 11.2 Å². The zero-order valence-electron chi connectivity index (χ0n) is 19.6. The molecule has 0 unspecified atom stereocenters. The van der Waals surface area contributed by atoms with E-state index < -0.39 is 0 Å². The van der Waals surface area contributed by atoms with Crippen molar-refractivity contribution < 1.29 is 18.7 Å². The largest absolute Gasteiger partial charge is 0.497 e. The summed E-state index contributed by atoms with van der Waals surface area (Å²) < 4.78 is 19.3. The van der Waals surface area contributed by atoms with Crippen LogP contribution in [0.1, 0.15) is 42.0 Å². The van der Waals surface area contributed by atoms with Gasteiger partial charge < -0.3 is 9.64 Å². The lowest BCUT2D eigenvalue weighted by molar-refractivity contribution is -0.129. The van der Waals surface area contributed by atoms with Gasteiger partial charge in [-0.3, -0.25) is 9.69 Å². The maximum absolute atomic E-state index is 14.1. The Hall–Kier alpha value is -3.67. The fourth-order valence-corrected chi connectivity index (χ4v) is 4.65. The highest BCUT2D eigenvalue weighted by molar-refractivity contribution is 5.97. The van der Waals surface area contributed by atoms with Gasteiger partial charge >= 0.3 is 6.03 Å². The number of hydrogen-bond donors (Lipinski definition) is 0. The summed E-state index contributed by atoms with van der Waals surface area (Å²) in [7, 11) is 3.33. The Balaban J connectivity index is 1.64. The summed E-state index contributed by atoms with van der Waals surface area (Å²) in [5.41, 5.74) is 2.65. The van der Waals surface area contributed by atoms with E-state index >= 15 is 0 Å². The molecule has 176 valence electrons. The van der Waals surface area contributed by atoms with Gasteiger partial charge in [-0.1, -0.05) is 54.6 Å². The molecule has 3 aromatic rings. The van der Waals surface area contributed by atoms with E-state index in [1.54, 1.807) is 25.1 Å². The highest BCUT2D eigenvalue weighted by Gasteiger charge is 2.45. The minimum absolute atomic E-state index is 0.0884. The third-order valence-corrected chi connectivity index (χ3v) is 6.65. The molecule has 3 amide bonds. The van der Waals surface area contributed by atoms with Crippen LogP contribution in [0.15, 0.2) is 78.9 Å². The molecule has 3 aromatic carbocycles. The second-order valence-electron chi connectivity index (χ2n) is 8.76. The molecule has 0 N–H and O–H groups in total. The number of carbonyl (C=O) groups excluding carboxylic acids is 2. The first-order valence-electron chi connectivity index (χ1n) is 11.4. The van der Waals surface area contributed by atoms with Crippen molar-refractivity contribution in [3.63, 3.8) is 0 Å². The molecule has 1 aliphatic heterocycles. The van der Waals surface area contributed by atoms with Gasteiger partial charge in [0.05, 0.1) is 19.2 Å². The first-order valence-corrected chi connectivity index (χ1v) is 11.4. The Kier molecular flexibility index (Phi) is 6.96. The van der Waals surface area contributed by atoms with Crippen LogP contribution in [0.25, 0.3) is 0 Å². The van der Waals surface area contributed by atoms with Gasteiger partial charge in [0.15, 0.2) is 0 Å². The average Bonchev–Trinajstić information content (AvgIpc) is 3.08. The first kappa shape index (κ1) is 23.5. The molecule has 0 aliphatic carbocycles. The molecule has 0 spiro atoms. The van der Waals surface area contributed by atoms with E-state index in [4.69, 9.17) is 4.74 Å². The van der Waals surface area contributed by atoms with Gasteiger partial charge in [-0.25, -0.2) is 9.18 Å². The number of benzene rings is 3. The van der Waals surface area contributed by atoms with Crippen LogP contribution in [0.5, 0.6) is 5.75 Å². The lowest BCUT2D eigenvalue weighted by atomic mass is 9.88. The standard InChI is InChI=1S/C28H29FN2O3/c1-19-27(21-8-5-4-6-9-21)31(28(33)30(19)2)26(32)18-23(22-10-7-11-24(29)17-22)16-20-12-14-25(34-3)15-13-20/h4-15,17,19,23,27H,16,18H2,1-3H3/t19-,23+,27-/m1/s1. The Morgan fingerprint density at radius 3 is 2.38 bits per heavy atom. The summed E-state index contributed by atoms with van der Waals surface area (Å²) >= 11 is 0. The van der Waals surface area contributed by atoms with Crippen molar-refractivity contribution in [1.82, 2.24) is 9.80 Å². The Morgan fingerprint density at radius 1 is 1.03 bits per heavy atom. The minimum atomic E-state index is -0.375. The van der Waals surface area contributed by atoms with Crippen LogP contribution >= 0.6 is 0 Å². The van der Waals surface area contributed by atoms with Crippen molar-refractivity contribution >= 4 is 11.9 Å². The second kappa shape index (κ2) is 10.1. The minimum Gasteiger partial charge on any atom is -0.497 e. The summed E-state index contributed by atoms with van der Waals surface area (Å²) in [6.07, 6.45) is 0.619. The molecule has 34 heavy (non-hydrogen) atoms. The molecule has 5 nitrogen and oxygen atoms in total. The highest BCUT2D eigenvalue weighted by atomic mass is 19.1. The van der Waals surface area contributed by atoms with Gasteiger partial charge in [0.1, 0.15) is 11.6 Å². The van der Waals surface area contributed by atoms with Crippen molar-refractivity contribution in [3.8, 4) is 5.75 Å². The SMILES string of the molecule is COc1ccc(C[C@@H](CC(=O)N2C(=O)N(C)[C@H](C)[C@@H]2c2ccccc2)c2cccc(F)c2)cc1. The predicted octanol–water partition coefficient (Wildman–Crippen LogP) is 5.57. The van der Waals surface area contributed by atoms with Crippen molar-refractivity contribution in [2.24, 2.45) is 0 Å². The number of rotatable bonds is 7. The van der Waals surface area contributed by atoms with Crippen LogP contribution in [0.4, 0.5) is 9.18 Å². The zero-order valence-corrected chi connectivity index (χ0v) is 19.6. The third-order valence-electron chi connectivity index (χ3n) is 6.65. The van der Waals surface area contributed by atoms with Crippen LogP contribution in [0, 0.1) is 5.82 Å². The molecule has 3 atom stereocenters. The predicted molar refractivity (Wildman–Crippen MR) is 129 cm³/mol. The summed E-state index contributed by atoms with van der Waals surface area (Å²) in [6, 6.07) is 22.7. The maximum Gasteiger partial charge on any atom is 0.327 e. The molecular weight excluding hydrogens is 431 g/mol. The fourth-order valence-electron chi connectivity index (χ4n) is 4.65. The normalized spacial score (nSPS) is 18.8. The maximum atomic E-state index is 14.1. The summed E-state index contributed by atoms with van der Waals surface area (Å²) in [4.78, 5) is 29.7. The number of carbonyl (C=O) groups is 2. The number of methoxy groups -OCH3 is 1. The van der Waals surface area contributed by atoms with Crippen molar-refractivity contribution in [1.29, 1.82) is 0 Å². The van der Waals surface area contributed by atoms with Gasteiger partial charge in [-0.15, -0.1) is 0 Å². The highest BCUT2D eigenvalue weighted by Crippen LogP contribution is 2.36. The van der Waals surface area contributed by atoms with Gasteiger partial charge in [0.25, 0.3) is 0 Å². The quantitative estimate of drug-likeness (QED) is 0.463. The summed E-state index contributed by atoms with van der Waals surface area (Å²) in [5.74, 6) is -0.162. The van der Waals surface area contributed by atoms with E-state index in [2.05, 4.69) is 0 Å². The zero-order chi connectivity index (χ0) is 24.2. The Morgan fingerprint density at radius 2 is 1.74 bits per heavy atom. The van der Waals surface area contributed by atoms with Crippen molar-refractivity contribution in [2.45, 2.75) is 37.8 Å². The third kappa shape index (κ3) is 4.81. The van der Waals surface area contributed by atoms with E-state index in [0.717, 1.165) is 22.4 Å². The van der Waals surface area contributed by atoms with Crippen molar-refractivity contribution in [3.05, 3.63) is 101 Å². The smallest absolute Gasteiger partial charge is 0.327 e.